The summed E-state index contributed by atoms with van der Waals surface area (Å²) in [5.74, 6) is -2.13. The number of aliphatic hydroxyl groups excluding tert-OH is 1. The Balaban J connectivity index is 1.33. The lowest BCUT2D eigenvalue weighted by Crippen LogP contribution is -2.62. The number of aromatic amines is 2. The van der Waals surface area contributed by atoms with E-state index in [1.54, 1.807) is 13.1 Å². The number of nitrogens with two attached hydrogens (primary N) is 1. The molecule has 2 fully saturated rings. The van der Waals surface area contributed by atoms with Gasteiger partial charge in [0.1, 0.15) is 24.2 Å². The van der Waals surface area contributed by atoms with Crippen LogP contribution in [0.1, 0.15) is 84.4 Å². The average molecular weight is 851 g/mol. The number of para-hydroxylation sites is 1. The van der Waals surface area contributed by atoms with E-state index in [-0.39, 0.29) is 43.7 Å². The number of nitrogens with zero attached hydrogens (tertiary/aromatic N) is 2. The monoisotopic (exact) mass is 850 g/mol. The maximum Gasteiger partial charge on any atom is 0.330 e. The lowest BCUT2D eigenvalue weighted by molar-refractivity contribution is -0.136. The fraction of sp³-hybridized carbons (Fsp3) is 0.595. The van der Waals surface area contributed by atoms with Crippen LogP contribution in [0.4, 0.5) is 4.79 Å². The Morgan fingerprint density at radius 3 is 2.36 bits per heavy atom. The number of hydrogen-bond acceptors (Lipinski definition) is 10. The van der Waals surface area contributed by atoms with E-state index in [1.807, 2.05) is 45.0 Å². The molecule has 1 saturated carbocycles. The summed E-state index contributed by atoms with van der Waals surface area (Å²) in [5, 5.41) is 25.7. The zero-order valence-corrected chi connectivity index (χ0v) is 35.6. The third-order valence-electron chi connectivity index (χ3n) is 11.5. The molecule has 0 spiro atoms. The SMILES string of the molecule is C[C@@H]([C@H](NC(=O)[C@H](CC1CCCCC1)NC(=O)N[C@@H](Cc1c[nH]c2ccccc12)C(=O)NCC(C)(C)C)C(=O)NC[C@H]1C[C@@H](O)[C@H](n2ccc(=O)[nH]c2=O)O1)N(C)C(=O)CN. The number of H-pyrrole nitrogens is 2. The van der Waals surface area contributed by atoms with Crippen LogP contribution in [0.3, 0.4) is 0 Å². The van der Waals surface area contributed by atoms with Crippen LogP contribution in [0.5, 0.6) is 0 Å². The van der Waals surface area contributed by atoms with Crippen molar-refractivity contribution in [3.63, 3.8) is 0 Å². The molecule has 6 amide bonds. The molecular weight excluding hydrogens is 789 g/mol. The number of urea groups is 1. The van der Waals surface area contributed by atoms with Crippen molar-refractivity contribution in [3.05, 3.63) is 69.1 Å². The summed E-state index contributed by atoms with van der Waals surface area (Å²) in [4.78, 5) is 99.2. The number of nitrogens with one attached hydrogen (secondary N) is 7. The lowest BCUT2D eigenvalue weighted by atomic mass is 9.84. The normalized spacial score (nSPS) is 20.2. The summed E-state index contributed by atoms with van der Waals surface area (Å²) in [6.45, 7) is 7.40. The Hall–Kier alpha value is -5.53. The number of amides is 6. The van der Waals surface area contributed by atoms with Crippen molar-refractivity contribution in [1.82, 2.24) is 46.0 Å². The number of hydrogen-bond donors (Lipinski definition) is 9. The number of fused-ring (bicyclic) bond motifs is 1. The average Bonchev–Trinajstić information content (AvgIpc) is 3.81. The lowest BCUT2D eigenvalue weighted by Gasteiger charge is -2.33. The van der Waals surface area contributed by atoms with Crippen molar-refractivity contribution in [2.75, 3.05) is 26.7 Å². The number of rotatable bonds is 17. The highest BCUT2D eigenvalue weighted by Gasteiger charge is 2.39. The minimum Gasteiger partial charge on any atom is -0.388 e. The molecule has 1 saturated heterocycles. The molecule has 61 heavy (non-hydrogen) atoms. The summed E-state index contributed by atoms with van der Waals surface area (Å²) in [6.07, 6.45) is 5.13. The minimum absolute atomic E-state index is 0.0344. The number of ether oxygens (including phenoxy) is 1. The van der Waals surface area contributed by atoms with E-state index in [9.17, 15) is 38.7 Å². The number of likely N-dealkylation sites (N-methyl/N-ethyl adjacent to an activating group) is 1. The van der Waals surface area contributed by atoms with Gasteiger partial charge in [-0.1, -0.05) is 71.1 Å². The van der Waals surface area contributed by atoms with Gasteiger partial charge in [-0.05, 0) is 36.3 Å². The molecule has 19 nitrogen and oxygen atoms in total. The van der Waals surface area contributed by atoms with E-state index < -0.39 is 83.5 Å². The van der Waals surface area contributed by atoms with E-state index in [1.165, 1.54) is 18.1 Å². The predicted molar refractivity (Wildman–Crippen MR) is 227 cm³/mol. The van der Waals surface area contributed by atoms with Gasteiger partial charge in [0.15, 0.2) is 6.23 Å². The molecule has 3 heterocycles. The van der Waals surface area contributed by atoms with Gasteiger partial charge in [-0.3, -0.25) is 33.5 Å². The molecule has 10 N–H and O–H groups in total. The molecule has 5 rings (SSSR count). The molecule has 334 valence electrons. The van der Waals surface area contributed by atoms with Gasteiger partial charge in [0.05, 0.1) is 18.7 Å². The Kier molecular flexibility index (Phi) is 15.9. The first kappa shape index (κ1) is 46.5. The number of aliphatic hydroxyl groups is 1. The molecular formula is C42H62N10O9. The highest BCUT2D eigenvalue weighted by atomic mass is 16.5. The molecule has 1 aromatic carbocycles. The largest absolute Gasteiger partial charge is 0.388 e. The maximum absolute atomic E-state index is 14.4. The summed E-state index contributed by atoms with van der Waals surface area (Å²) < 4.78 is 6.93. The van der Waals surface area contributed by atoms with Gasteiger partial charge in [0, 0.05) is 62.3 Å². The first-order valence-corrected chi connectivity index (χ1v) is 21.0. The Labute approximate surface area is 354 Å². The topological polar surface area (TPSA) is 275 Å². The number of aromatic nitrogens is 3. The molecule has 0 unspecified atom stereocenters. The van der Waals surface area contributed by atoms with Crippen molar-refractivity contribution in [2.45, 2.75) is 122 Å². The molecule has 2 aliphatic rings. The van der Waals surface area contributed by atoms with Gasteiger partial charge in [-0.2, -0.15) is 0 Å². The molecule has 0 bridgehead atoms. The molecule has 1 aliphatic heterocycles. The third kappa shape index (κ3) is 12.7. The fourth-order valence-electron chi connectivity index (χ4n) is 7.87. The van der Waals surface area contributed by atoms with Gasteiger partial charge < -0.3 is 52.0 Å². The number of carbonyl (C=O) groups excluding carboxylic acids is 5. The Bertz CT molecular complexity index is 2120. The van der Waals surface area contributed by atoms with E-state index in [4.69, 9.17) is 10.5 Å². The second kappa shape index (κ2) is 20.8. The van der Waals surface area contributed by atoms with Crippen molar-refractivity contribution >= 4 is 40.6 Å². The summed E-state index contributed by atoms with van der Waals surface area (Å²) >= 11 is 0. The molecule has 19 heteroatoms. The van der Waals surface area contributed by atoms with Gasteiger partial charge in [-0.25, -0.2) is 9.59 Å². The van der Waals surface area contributed by atoms with Crippen molar-refractivity contribution < 1.29 is 33.8 Å². The number of benzene rings is 1. The van der Waals surface area contributed by atoms with Gasteiger partial charge >= 0.3 is 11.7 Å². The van der Waals surface area contributed by atoms with Crippen LogP contribution >= 0.6 is 0 Å². The van der Waals surface area contributed by atoms with E-state index in [0.717, 1.165) is 59.2 Å². The van der Waals surface area contributed by atoms with Gasteiger partial charge in [-0.15, -0.1) is 0 Å². The van der Waals surface area contributed by atoms with E-state index in [2.05, 4.69) is 36.6 Å². The summed E-state index contributed by atoms with van der Waals surface area (Å²) in [6, 6.07) is 3.62. The molecule has 3 aromatic rings. The zero-order valence-electron chi connectivity index (χ0n) is 35.6. The van der Waals surface area contributed by atoms with Crippen LogP contribution < -0.4 is 43.6 Å². The second-order valence-electron chi connectivity index (χ2n) is 17.5. The van der Waals surface area contributed by atoms with Gasteiger partial charge in [0.25, 0.3) is 5.56 Å². The maximum atomic E-state index is 14.4. The molecule has 7 atom stereocenters. The molecule has 0 radical (unpaired) electrons. The highest BCUT2D eigenvalue weighted by Crippen LogP contribution is 2.29. The Morgan fingerprint density at radius 1 is 0.967 bits per heavy atom. The zero-order chi connectivity index (χ0) is 44.4. The smallest absolute Gasteiger partial charge is 0.330 e. The van der Waals surface area contributed by atoms with Crippen molar-refractivity contribution in [2.24, 2.45) is 17.1 Å². The van der Waals surface area contributed by atoms with Crippen molar-refractivity contribution in [3.8, 4) is 0 Å². The predicted octanol–water partition coefficient (Wildman–Crippen LogP) is 0.485. The van der Waals surface area contributed by atoms with E-state index >= 15 is 0 Å². The fourth-order valence-corrected chi connectivity index (χ4v) is 7.87. The van der Waals surface area contributed by atoms with Crippen LogP contribution in [0, 0.1) is 11.3 Å². The minimum atomic E-state index is -1.34. The second-order valence-corrected chi connectivity index (χ2v) is 17.5. The highest BCUT2D eigenvalue weighted by molar-refractivity contribution is 5.94. The summed E-state index contributed by atoms with van der Waals surface area (Å²) in [5.41, 5.74) is 5.74. The molecule has 2 aromatic heterocycles. The van der Waals surface area contributed by atoms with Crippen LogP contribution in [-0.2, 0) is 30.3 Å². The van der Waals surface area contributed by atoms with Gasteiger partial charge in [0.2, 0.25) is 23.6 Å². The standard InChI is InChI=1S/C42H62N10O9/c1-24(51(5)34(55)20-43)35(38(58)45-22-27-19-32(53)39(61-27)52-16-15-33(54)49-41(52)60)50-37(57)30(17-25-11-7-6-8-12-25)47-40(59)48-31(36(56)46-23-42(2,3)4)18-26-21-44-29-14-10-9-13-28(26)29/h9-10,13-16,21,24-25,27,30-32,35,39,44,53H,6-8,11-12,17-20,22-23,43H2,1-5H3,(H,45,58)(H,46,56)(H,50,57)(H2,47,48,59)(H,49,54,60)/t24-,27+,30-,31-,32+,35-,39+/m0/s1. The van der Waals surface area contributed by atoms with Crippen LogP contribution in [0.15, 0.2) is 52.3 Å². The number of carbonyl (C=O) groups is 5. The summed E-state index contributed by atoms with van der Waals surface area (Å²) in [7, 11) is 1.46. The first-order valence-electron chi connectivity index (χ1n) is 21.0. The molecule has 1 aliphatic carbocycles. The van der Waals surface area contributed by atoms with E-state index in [0.29, 0.717) is 6.54 Å². The third-order valence-corrected chi connectivity index (χ3v) is 11.5. The van der Waals surface area contributed by atoms with Crippen molar-refractivity contribution in [1.29, 1.82) is 0 Å². The quantitative estimate of drug-likeness (QED) is 0.0907. The first-order chi connectivity index (χ1) is 28.9. The Morgan fingerprint density at radius 2 is 1.67 bits per heavy atom. The van der Waals surface area contributed by atoms with Crippen LogP contribution in [0.2, 0.25) is 0 Å². The van der Waals surface area contributed by atoms with Crippen LogP contribution in [-0.4, -0.2) is 117 Å². The van der Waals surface area contributed by atoms with Crippen LogP contribution in [0.25, 0.3) is 10.9 Å².